The number of nitrogens with one attached hydrogen (secondary N) is 2. The van der Waals surface area contributed by atoms with E-state index in [4.69, 9.17) is 0 Å². The van der Waals surface area contributed by atoms with Gasteiger partial charge in [0.1, 0.15) is 0 Å². The molecule has 1 aromatic rings. The Hall–Kier alpha value is -1.72. The van der Waals surface area contributed by atoms with Gasteiger partial charge < -0.3 is 10.6 Å². The highest BCUT2D eigenvalue weighted by Crippen LogP contribution is 2.36. The molecule has 0 aromatic heterocycles. The Morgan fingerprint density at radius 1 is 1.38 bits per heavy atom. The van der Waals surface area contributed by atoms with Crippen LogP contribution in [0.5, 0.6) is 0 Å². The number of rotatable bonds is 5. The van der Waals surface area contributed by atoms with Crippen molar-refractivity contribution >= 4 is 11.6 Å². The third-order valence-electron chi connectivity index (χ3n) is 3.64. The summed E-state index contributed by atoms with van der Waals surface area (Å²) in [4.78, 5) is 12.0. The lowest BCUT2D eigenvalue weighted by Gasteiger charge is -2.17. The number of carbonyl (C=O) groups excluding carboxylic acids is 1. The van der Waals surface area contributed by atoms with Crippen LogP contribution in [0.1, 0.15) is 42.6 Å². The summed E-state index contributed by atoms with van der Waals surface area (Å²) in [6, 6.07) is 3.64. The molecule has 1 saturated carbocycles. The summed E-state index contributed by atoms with van der Waals surface area (Å²) in [5.41, 5.74) is -0.774. The molecule has 1 aliphatic carbocycles. The lowest BCUT2D eigenvalue weighted by Crippen LogP contribution is -2.34. The Kier molecular flexibility index (Phi) is 4.44. The van der Waals surface area contributed by atoms with Gasteiger partial charge in [-0.2, -0.15) is 13.2 Å². The normalized spacial score (nSPS) is 16.4. The second kappa shape index (κ2) is 5.95. The zero-order chi connectivity index (χ0) is 15.6. The number of carbonyl (C=O) groups is 1. The predicted octanol–water partition coefficient (Wildman–Crippen LogP) is 3.67. The molecule has 6 heteroatoms. The topological polar surface area (TPSA) is 41.1 Å². The van der Waals surface area contributed by atoms with Crippen molar-refractivity contribution in [2.45, 2.75) is 38.9 Å². The van der Waals surface area contributed by atoms with Crippen LogP contribution in [0.25, 0.3) is 0 Å². The van der Waals surface area contributed by atoms with Crippen LogP contribution in [0.15, 0.2) is 18.2 Å². The second-order valence-corrected chi connectivity index (χ2v) is 5.39. The molecule has 1 amide bonds. The number of amides is 1. The number of anilines is 1. The highest BCUT2D eigenvalue weighted by Gasteiger charge is 2.34. The van der Waals surface area contributed by atoms with Gasteiger partial charge in [0.2, 0.25) is 0 Å². The van der Waals surface area contributed by atoms with Crippen LogP contribution in [-0.4, -0.2) is 18.5 Å². The van der Waals surface area contributed by atoms with Gasteiger partial charge in [-0.3, -0.25) is 4.79 Å². The maximum atomic E-state index is 13.0. The number of halogens is 3. The molecule has 0 radical (unpaired) electrons. The molecule has 2 rings (SSSR count). The maximum Gasteiger partial charge on any atom is 0.418 e. The lowest BCUT2D eigenvalue weighted by atomic mass is 10.1. The standard InChI is InChI=1S/C15H19F3N2O/c1-3-19-13-7-6-11(8-12(13)15(16,17)18)14(21)20-9(2)10-4-5-10/h6-10,19H,3-5H2,1-2H3,(H,20,21). The van der Waals surface area contributed by atoms with Crippen molar-refractivity contribution in [2.24, 2.45) is 5.92 Å². The summed E-state index contributed by atoms with van der Waals surface area (Å²) in [6.45, 7) is 3.98. The Balaban J connectivity index is 2.21. The average Bonchev–Trinajstić information content (AvgIpc) is 3.22. The SMILES string of the molecule is CCNc1ccc(C(=O)NC(C)C2CC2)cc1C(F)(F)F. The summed E-state index contributed by atoms with van der Waals surface area (Å²) < 4.78 is 39.1. The number of hydrogen-bond donors (Lipinski definition) is 2. The summed E-state index contributed by atoms with van der Waals surface area (Å²) in [7, 11) is 0. The van der Waals surface area contributed by atoms with Crippen LogP contribution in [0, 0.1) is 5.92 Å². The van der Waals surface area contributed by atoms with Crippen molar-refractivity contribution in [3.05, 3.63) is 29.3 Å². The highest BCUT2D eigenvalue weighted by molar-refractivity contribution is 5.95. The Morgan fingerprint density at radius 3 is 2.57 bits per heavy atom. The van der Waals surface area contributed by atoms with Gasteiger partial charge in [0.05, 0.1) is 5.56 Å². The maximum absolute atomic E-state index is 13.0. The second-order valence-electron chi connectivity index (χ2n) is 5.39. The molecule has 1 aliphatic rings. The first kappa shape index (κ1) is 15.7. The fourth-order valence-corrected chi connectivity index (χ4v) is 2.27. The van der Waals surface area contributed by atoms with Crippen LogP contribution in [0.3, 0.4) is 0 Å². The Labute approximate surface area is 121 Å². The monoisotopic (exact) mass is 300 g/mol. The van der Waals surface area contributed by atoms with Gasteiger partial charge in [0.25, 0.3) is 5.91 Å². The quantitative estimate of drug-likeness (QED) is 0.871. The number of alkyl halides is 3. The van der Waals surface area contributed by atoms with Gasteiger partial charge >= 0.3 is 6.18 Å². The fraction of sp³-hybridized carbons (Fsp3) is 0.533. The first-order chi connectivity index (χ1) is 9.82. The molecule has 0 saturated heterocycles. The van der Waals surface area contributed by atoms with E-state index in [0.717, 1.165) is 18.9 Å². The molecule has 0 spiro atoms. The fourth-order valence-electron chi connectivity index (χ4n) is 2.27. The van der Waals surface area contributed by atoms with E-state index in [2.05, 4.69) is 10.6 Å². The van der Waals surface area contributed by atoms with Crippen molar-refractivity contribution in [3.63, 3.8) is 0 Å². The van der Waals surface area contributed by atoms with Crippen LogP contribution >= 0.6 is 0 Å². The minimum atomic E-state index is -4.49. The third kappa shape index (κ3) is 3.89. The predicted molar refractivity (Wildman–Crippen MR) is 75.3 cm³/mol. The zero-order valence-electron chi connectivity index (χ0n) is 12.1. The molecule has 1 unspecified atom stereocenters. The van der Waals surface area contributed by atoms with Gasteiger partial charge in [-0.05, 0) is 50.8 Å². The van der Waals surface area contributed by atoms with Crippen molar-refractivity contribution < 1.29 is 18.0 Å². The average molecular weight is 300 g/mol. The number of hydrogen-bond acceptors (Lipinski definition) is 2. The number of benzene rings is 1. The van der Waals surface area contributed by atoms with Gasteiger partial charge in [-0.15, -0.1) is 0 Å². The van der Waals surface area contributed by atoms with Crippen LogP contribution in [0.2, 0.25) is 0 Å². The zero-order valence-corrected chi connectivity index (χ0v) is 12.1. The molecule has 0 aliphatic heterocycles. The summed E-state index contributed by atoms with van der Waals surface area (Å²) >= 11 is 0. The molecule has 0 bridgehead atoms. The minimum Gasteiger partial charge on any atom is -0.385 e. The van der Waals surface area contributed by atoms with Crippen molar-refractivity contribution in [3.8, 4) is 0 Å². The highest BCUT2D eigenvalue weighted by atomic mass is 19.4. The van der Waals surface area contributed by atoms with E-state index in [1.807, 2.05) is 6.92 Å². The molecule has 3 nitrogen and oxygen atoms in total. The first-order valence-electron chi connectivity index (χ1n) is 7.09. The summed E-state index contributed by atoms with van der Waals surface area (Å²) in [6.07, 6.45) is -2.36. The van der Waals surface area contributed by atoms with Crippen molar-refractivity contribution in [1.29, 1.82) is 0 Å². The molecule has 2 N–H and O–H groups in total. The van der Waals surface area contributed by atoms with Gasteiger partial charge in [0.15, 0.2) is 0 Å². The van der Waals surface area contributed by atoms with Crippen molar-refractivity contribution in [2.75, 3.05) is 11.9 Å². The van der Waals surface area contributed by atoms with E-state index in [9.17, 15) is 18.0 Å². The Bertz CT molecular complexity index is 524. The van der Waals surface area contributed by atoms with E-state index in [-0.39, 0.29) is 17.3 Å². The van der Waals surface area contributed by atoms with Gasteiger partial charge in [-0.1, -0.05) is 0 Å². The molecule has 0 heterocycles. The van der Waals surface area contributed by atoms with E-state index in [0.29, 0.717) is 12.5 Å². The largest absolute Gasteiger partial charge is 0.418 e. The molecule has 1 aromatic carbocycles. The van der Waals surface area contributed by atoms with Crippen LogP contribution < -0.4 is 10.6 Å². The summed E-state index contributed by atoms with van der Waals surface area (Å²) in [5.74, 6) is 0.0000151. The molecule has 1 fully saturated rings. The van der Waals surface area contributed by atoms with E-state index in [1.165, 1.54) is 12.1 Å². The molecule has 21 heavy (non-hydrogen) atoms. The van der Waals surface area contributed by atoms with Gasteiger partial charge in [-0.25, -0.2) is 0 Å². The minimum absolute atomic E-state index is 0.000259. The van der Waals surface area contributed by atoms with E-state index in [1.54, 1.807) is 6.92 Å². The molecule has 1 atom stereocenters. The molecular weight excluding hydrogens is 281 g/mol. The van der Waals surface area contributed by atoms with Crippen molar-refractivity contribution in [1.82, 2.24) is 5.32 Å². The molecular formula is C15H19F3N2O. The third-order valence-corrected chi connectivity index (χ3v) is 3.64. The lowest BCUT2D eigenvalue weighted by molar-refractivity contribution is -0.137. The van der Waals surface area contributed by atoms with Gasteiger partial charge in [0, 0.05) is 23.8 Å². The Morgan fingerprint density at radius 2 is 2.05 bits per heavy atom. The molecule has 116 valence electrons. The first-order valence-corrected chi connectivity index (χ1v) is 7.09. The van der Waals surface area contributed by atoms with E-state index >= 15 is 0 Å². The summed E-state index contributed by atoms with van der Waals surface area (Å²) in [5, 5.41) is 5.43. The smallest absolute Gasteiger partial charge is 0.385 e. The van der Waals surface area contributed by atoms with E-state index < -0.39 is 17.6 Å². The van der Waals surface area contributed by atoms with Crippen LogP contribution in [0.4, 0.5) is 18.9 Å². The van der Waals surface area contributed by atoms with Crippen LogP contribution in [-0.2, 0) is 6.18 Å².